The first-order valence-corrected chi connectivity index (χ1v) is 7.25. The Bertz CT molecular complexity index is 408. The Morgan fingerprint density at radius 1 is 1.25 bits per heavy atom. The molecule has 0 amide bonds. The maximum atomic E-state index is 5.54. The van der Waals surface area contributed by atoms with Crippen LogP contribution >= 0.6 is 6.49 Å². The summed E-state index contributed by atoms with van der Waals surface area (Å²) in [6, 6.07) is 9.45. The number of hydrogen-bond donors (Lipinski definition) is 0. The monoisotopic (exact) mass is 259 g/mol. The van der Waals surface area contributed by atoms with Gasteiger partial charge in [0.05, 0.1) is 0 Å². The molecule has 0 aromatic heterocycles. The SMILES string of the molecule is CON=C(C)OP(=S)(OC)c1ccccc1. The van der Waals surface area contributed by atoms with Crippen molar-refractivity contribution in [1.29, 1.82) is 0 Å². The largest absolute Gasteiger partial charge is 0.423 e. The molecule has 6 heteroatoms. The van der Waals surface area contributed by atoms with Crippen molar-refractivity contribution in [2.45, 2.75) is 6.92 Å². The molecule has 0 aliphatic rings. The van der Waals surface area contributed by atoms with E-state index < -0.39 is 6.49 Å². The maximum absolute atomic E-state index is 5.54. The molecule has 0 aliphatic heterocycles. The van der Waals surface area contributed by atoms with Crippen LogP contribution in [0.5, 0.6) is 0 Å². The molecule has 0 bridgehead atoms. The van der Waals surface area contributed by atoms with Gasteiger partial charge in [0, 0.05) is 19.3 Å². The molecule has 1 aromatic carbocycles. The van der Waals surface area contributed by atoms with Crippen molar-refractivity contribution in [3.8, 4) is 0 Å². The van der Waals surface area contributed by atoms with E-state index in [4.69, 9.17) is 20.9 Å². The van der Waals surface area contributed by atoms with Gasteiger partial charge < -0.3 is 13.9 Å². The first kappa shape index (κ1) is 13.2. The van der Waals surface area contributed by atoms with Gasteiger partial charge in [0.25, 0.3) is 6.49 Å². The smallest absolute Gasteiger partial charge is 0.270 e. The predicted molar refractivity (Wildman–Crippen MR) is 68.6 cm³/mol. The molecule has 1 unspecified atom stereocenters. The molecule has 16 heavy (non-hydrogen) atoms. The Morgan fingerprint density at radius 3 is 2.38 bits per heavy atom. The highest BCUT2D eigenvalue weighted by Crippen LogP contribution is 2.46. The van der Waals surface area contributed by atoms with E-state index in [1.807, 2.05) is 30.3 Å². The van der Waals surface area contributed by atoms with E-state index in [0.717, 1.165) is 5.30 Å². The Labute approximate surface area is 100 Å². The second-order valence-electron chi connectivity index (χ2n) is 2.90. The van der Waals surface area contributed by atoms with Crippen LogP contribution in [0, 0.1) is 0 Å². The van der Waals surface area contributed by atoms with E-state index in [2.05, 4.69) is 9.99 Å². The topological polar surface area (TPSA) is 40.0 Å². The van der Waals surface area contributed by atoms with Gasteiger partial charge in [-0.15, -0.1) is 0 Å². The zero-order valence-electron chi connectivity index (χ0n) is 9.41. The van der Waals surface area contributed by atoms with Crippen molar-refractivity contribution >= 4 is 29.5 Å². The van der Waals surface area contributed by atoms with Gasteiger partial charge in [0.1, 0.15) is 7.11 Å². The predicted octanol–water partition coefficient (Wildman–Crippen LogP) is 2.26. The first-order valence-electron chi connectivity index (χ1n) is 4.61. The normalized spacial score (nSPS) is 15.3. The quantitative estimate of drug-likeness (QED) is 0.360. The minimum atomic E-state index is -2.52. The first-order chi connectivity index (χ1) is 7.62. The highest BCUT2D eigenvalue weighted by Gasteiger charge is 2.22. The molecular weight excluding hydrogens is 245 g/mol. The number of hydrogen-bond acceptors (Lipinski definition) is 5. The minimum absolute atomic E-state index is 0.358. The van der Waals surface area contributed by atoms with Gasteiger partial charge in [-0.1, -0.05) is 23.4 Å². The molecule has 4 nitrogen and oxygen atoms in total. The summed E-state index contributed by atoms with van der Waals surface area (Å²) in [4.78, 5) is 4.61. The second-order valence-corrected chi connectivity index (χ2v) is 6.40. The third kappa shape index (κ3) is 3.30. The molecule has 1 aromatic rings. The fourth-order valence-electron chi connectivity index (χ4n) is 1.13. The van der Waals surface area contributed by atoms with Gasteiger partial charge in [-0.3, -0.25) is 0 Å². The molecule has 0 aliphatic carbocycles. The Morgan fingerprint density at radius 2 is 1.88 bits per heavy atom. The summed E-state index contributed by atoms with van der Waals surface area (Å²) in [6.45, 7) is -0.843. The second kappa shape index (κ2) is 5.99. The molecular formula is C10H14NO3PS. The summed E-state index contributed by atoms with van der Waals surface area (Å²) in [5, 5.41) is 4.50. The molecule has 1 rings (SSSR count). The lowest BCUT2D eigenvalue weighted by atomic mass is 10.4. The van der Waals surface area contributed by atoms with Crippen LogP contribution in [0.2, 0.25) is 0 Å². The van der Waals surface area contributed by atoms with Crippen LogP contribution in [-0.4, -0.2) is 20.1 Å². The van der Waals surface area contributed by atoms with Crippen LogP contribution < -0.4 is 5.30 Å². The van der Waals surface area contributed by atoms with Crippen molar-refractivity contribution in [2.24, 2.45) is 5.16 Å². The van der Waals surface area contributed by atoms with Crippen molar-refractivity contribution in [3.63, 3.8) is 0 Å². The van der Waals surface area contributed by atoms with Crippen molar-refractivity contribution in [2.75, 3.05) is 14.2 Å². The highest BCUT2D eigenvalue weighted by atomic mass is 32.5. The van der Waals surface area contributed by atoms with Crippen molar-refractivity contribution in [3.05, 3.63) is 30.3 Å². The fraction of sp³-hybridized carbons (Fsp3) is 0.300. The maximum Gasteiger partial charge on any atom is 0.270 e. The average Bonchev–Trinajstić information content (AvgIpc) is 2.30. The van der Waals surface area contributed by atoms with Gasteiger partial charge in [-0.25, -0.2) is 0 Å². The van der Waals surface area contributed by atoms with Crippen LogP contribution in [0.15, 0.2) is 35.5 Å². The fourth-order valence-corrected chi connectivity index (χ4v) is 3.12. The molecule has 0 saturated heterocycles. The number of benzene rings is 1. The van der Waals surface area contributed by atoms with Gasteiger partial charge in [-0.2, -0.15) is 0 Å². The van der Waals surface area contributed by atoms with Gasteiger partial charge in [0.2, 0.25) is 5.90 Å². The van der Waals surface area contributed by atoms with Gasteiger partial charge in [-0.05, 0) is 23.9 Å². The molecule has 0 heterocycles. The molecule has 0 radical (unpaired) electrons. The van der Waals surface area contributed by atoms with Gasteiger partial charge >= 0.3 is 0 Å². The van der Waals surface area contributed by atoms with E-state index in [0.29, 0.717) is 5.90 Å². The third-order valence-corrected chi connectivity index (χ3v) is 5.00. The summed E-state index contributed by atoms with van der Waals surface area (Å²) in [7, 11) is 2.99. The standard InChI is InChI=1S/C10H14NO3PS/c1-9(11-12-2)14-15(16,13-3)10-7-5-4-6-8-10/h4-8H,1-3H3. The van der Waals surface area contributed by atoms with E-state index in [9.17, 15) is 0 Å². The zero-order chi connectivity index (χ0) is 12.0. The van der Waals surface area contributed by atoms with Crippen LogP contribution in [0.1, 0.15) is 6.92 Å². The van der Waals surface area contributed by atoms with E-state index in [1.54, 1.807) is 6.92 Å². The molecule has 0 fully saturated rings. The van der Waals surface area contributed by atoms with Crippen molar-refractivity contribution in [1.82, 2.24) is 0 Å². The van der Waals surface area contributed by atoms with Crippen LogP contribution in [0.4, 0.5) is 0 Å². The zero-order valence-corrected chi connectivity index (χ0v) is 11.1. The Hall–Kier alpha value is -0.900. The molecule has 1 atom stereocenters. The minimum Gasteiger partial charge on any atom is -0.423 e. The summed E-state index contributed by atoms with van der Waals surface area (Å²) in [5.74, 6) is 0.358. The summed E-state index contributed by atoms with van der Waals surface area (Å²) < 4.78 is 10.9. The number of oxime groups is 1. The van der Waals surface area contributed by atoms with E-state index >= 15 is 0 Å². The lowest BCUT2D eigenvalue weighted by molar-refractivity contribution is 0.204. The Balaban J connectivity index is 2.96. The molecule has 88 valence electrons. The van der Waals surface area contributed by atoms with Crippen LogP contribution in [0.3, 0.4) is 0 Å². The number of rotatable bonds is 4. The summed E-state index contributed by atoms with van der Waals surface area (Å²) in [5.41, 5.74) is 0. The van der Waals surface area contributed by atoms with Gasteiger partial charge in [0.15, 0.2) is 0 Å². The highest BCUT2D eigenvalue weighted by molar-refractivity contribution is 8.13. The lowest BCUT2D eigenvalue weighted by Gasteiger charge is -2.20. The Kier molecular flexibility index (Phi) is 4.93. The summed E-state index contributed by atoms with van der Waals surface area (Å²) in [6.07, 6.45) is 0. The van der Waals surface area contributed by atoms with E-state index in [1.165, 1.54) is 14.2 Å². The van der Waals surface area contributed by atoms with Crippen molar-refractivity contribution < 1.29 is 13.9 Å². The third-order valence-electron chi connectivity index (χ3n) is 1.78. The van der Waals surface area contributed by atoms with E-state index in [-0.39, 0.29) is 0 Å². The number of nitrogens with zero attached hydrogens (tertiary/aromatic N) is 1. The molecule has 0 spiro atoms. The van der Waals surface area contributed by atoms with Crippen LogP contribution in [0.25, 0.3) is 0 Å². The molecule has 0 N–H and O–H groups in total. The summed E-state index contributed by atoms with van der Waals surface area (Å²) >= 11 is 5.39. The van der Waals surface area contributed by atoms with Crippen LogP contribution in [-0.2, 0) is 25.7 Å². The average molecular weight is 259 g/mol. The molecule has 0 saturated carbocycles. The lowest BCUT2D eigenvalue weighted by Crippen LogP contribution is -2.11.